The molecule has 0 spiro atoms. The molecule has 0 amide bonds. The van der Waals surface area contributed by atoms with E-state index in [9.17, 15) is 5.11 Å². The maximum Gasteiger partial charge on any atom is 0.140 e. The smallest absolute Gasteiger partial charge is 0.140 e. The molecule has 0 bridgehead atoms. The molecule has 0 aliphatic carbocycles. The molecule has 2 rings (SSSR count). The fraction of sp³-hybridized carbons (Fsp3) is 0.438. The second-order valence-corrected chi connectivity index (χ2v) is 6.45. The number of ether oxygens (including phenoxy) is 1. The number of benzene rings is 1. The number of aliphatic hydroxyl groups is 1. The van der Waals surface area contributed by atoms with Gasteiger partial charge in [-0.15, -0.1) is 11.3 Å². The molecule has 2 aromatic rings. The normalized spacial score (nSPS) is 11.7. The minimum absolute atomic E-state index is 0.439. The maximum atomic E-state index is 10.1. The van der Waals surface area contributed by atoms with Gasteiger partial charge in [0.1, 0.15) is 17.4 Å². The molecular formula is C16H21NO2S. The summed E-state index contributed by atoms with van der Waals surface area (Å²) in [6.07, 6.45) is 0.996. The number of thiazole rings is 1. The molecule has 1 N–H and O–H groups in total. The van der Waals surface area contributed by atoms with Crippen LogP contribution >= 0.6 is 11.3 Å². The van der Waals surface area contributed by atoms with Crippen LogP contribution in [-0.4, -0.2) is 10.1 Å². The second kappa shape index (κ2) is 5.94. The van der Waals surface area contributed by atoms with Crippen molar-refractivity contribution in [1.82, 2.24) is 4.98 Å². The molecule has 108 valence electrons. The fourth-order valence-electron chi connectivity index (χ4n) is 2.08. The van der Waals surface area contributed by atoms with Gasteiger partial charge in [-0.3, -0.25) is 0 Å². The van der Waals surface area contributed by atoms with Gasteiger partial charge in [-0.1, -0.05) is 19.1 Å². The summed E-state index contributed by atoms with van der Waals surface area (Å²) in [5.41, 5.74) is 1.29. The zero-order valence-corrected chi connectivity index (χ0v) is 13.3. The van der Waals surface area contributed by atoms with Crippen molar-refractivity contribution in [3.05, 3.63) is 45.4 Å². The first-order valence-electron chi connectivity index (χ1n) is 6.81. The molecule has 1 aromatic carbocycles. The molecule has 4 heteroatoms. The summed E-state index contributed by atoms with van der Waals surface area (Å²) in [5.74, 6) is 0.863. The molecule has 0 aliphatic rings. The third-order valence-corrected chi connectivity index (χ3v) is 4.51. The lowest BCUT2D eigenvalue weighted by Gasteiger charge is -2.15. The lowest BCUT2D eigenvalue weighted by Crippen LogP contribution is -2.14. The van der Waals surface area contributed by atoms with E-state index in [1.54, 1.807) is 13.8 Å². The number of nitrogens with zero attached hydrogens (tertiary/aromatic N) is 1. The predicted octanol–water partition coefficient (Wildman–Crippen LogP) is 3.82. The summed E-state index contributed by atoms with van der Waals surface area (Å²) in [6, 6.07) is 8.10. The highest BCUT2D eigenvalue weighted by atomic mass is 32.1. The molecule has 0 saturated heterocycles. The van der Waals surface area contributed by atoms with Gasteiger partial charge < -0.3 is 9.84 Å². The molecule has 1 aromatic heterocycles. The van der Waals surface area contributed by atoms with Crippen LogP contribution in [0.15, 0.2) is 24.3 Å². The zero-order chi connectivity index (χ0) is 14.8. The van der Waals surface area contributed by atoms with E-state index in [1.807, 2.05) is 19.1 Å². The van der Waals surface area contributed by atoms with Gasteiger partial charge in [-0.05, 0) is 44.9 Å². The van der Waals surface area contributed by atoms with Gasteiger partial charge in [0.2, 0.25) is 0 Å². The largest absolute Gasteiger partial charge is 0.486 e. The third kappa shape index (κ3) is 3.58. The number of aromatic nitrogens is 1. The van der Waals surface area contributed by atoms with Crippen LogP contribution in [0.3, 0.4) is 0 Å². The maximum absolute atomic E-state index is 10.1. The lowest BCUT2D eigenvalue weighted by atomic mass is 10.1. The van der Waals surface area contributed by atoms with Crippen LogP contribution in [-0.2, 0) is 18.6 Å². The van der Waals surface area contributed by atoms with Crippen LogP contribution in [0.5, 0.6) is 5.75 Å². The lowest BCUT2D eigenvalue weighted by molar-refractivity contribution is 0.0817. The molecule has 0 unspecified atom stereocenters. The highest BCUT2D eigenvalue weighted by molar-refractivity contribution is 7.11. The Morgan fingerprint density at radius 2 is 2.10 bits per heavy atom. The van der Waals surface area contributed by atoms with Crippen molar-refractivity contribution in [1.29, 1.82) is 0 Å². The minimum Gasteiger partial charge on any atom is -0.486 e. The molecule has 0 atom stereocenters. The Hall–Kier alpha value is -1.39. The van der Waals surface area contributed by atoms with Gasteiger partial charge in [0.05, 0.1) is 16.2 Å². The van der Waals surface area contributed by atoms with E-state index in [0.717, 1.165) is 27.7 Å². The second-order valence-electron chi connectivity index (χ2n) is 5.37. The average molecular weight is 291 g/mol. The monoisotopic (exact) mass is 291 g/mol. The van der Waals surface area contributed by atoms with Gasteiger partial charge in [-0.2, -0.15) is 0 Å². The van der Waals surface area contributed by atoms with E-state index >= 15 is 0 Å². The molecule has 3 nitrogen and oxygen atoms in total. The molecule has 1 heterocycles. The van der Waals surface area contributed by atoms with Crippen molar-refractivity contribution in [2.75, 3.05) is 0 Å². The SMILES string of the molecule is CCc1cccc(OCc2nc(C)c(C(C)(C)O)s2)c1. The van der Waals surface area contributed by atoms with Crippen molar-refractivity contribution in [2.24, 2.45) is 0 Å². The summed E-state index contributed by atoms with van der Waals surface area (Å²) in [7, 11) is 0. The third-order valence-electron chi connectivity index (χ3n) is 3.07. The Balaban J connectivity index is 2.07. The predicted molar refractivity (Wildman–Crippen MR) is 82.2 cm³/mol. The first-order valence-corrected chi connectivity index (χ1v) is 7.62. The van der Waals surface area contributed by atoms with E-state index < -0.39 is 5.60 Å². The van der Waals surface area contributed by atoms with Crippen LogP contribution in [0, 0.1) is 6.92 Å². The van der Waals surface area contributed by atoms with Crippen molar-refractivity contribution >= 4 is 11.3 Å². The highest BCUT2D eigenvalue weighted by Crippen LogP contribution is 2.30. The topological polar surface area (TPSA) is 42.4 Å². The summed E-state index contributed by atoms with van der Waals surface area (Å²) >= 11 is 1.51. The Bertz CT molecular complexity index is 584. The molecule has 0 aliphatic heterocycles. The van der Waals surface area contributed by atoms with Crippen molar-refractivity contribution in [3.8, 4) is 5.75 Å². The quantitative estimate of drug-likeness (QED) is 0.910. The Labute approximate surface area is 124 Å². The number of hydrogen-bond donors (Lipinski definition) is 1. The van der Waals surface area contributed by atoms with Crippen LogP contribution in [0.1, 0.15) is 41.9 Å². The van der Waals surface area contributed by atoms with Gasteiger partial charge in [0.25, 0.3) is 0 Å². The first kappa shape index (κ1) is 15.0. The fourth-order valence-corrected chi connectivity index (χ4v) is 3.06. The Morgan fingerprint density at radius 3 is 2.70 bits per heavy atom. The van der Waals surface area contributed by atoms with E-state index in [-0.39, 0.29) is 0 Å². The van der Waals surface area contributed by atoms with E-state index in [0.29, 0.717) is 6.61 Å². The van der Waals surface area contributed by atoms with Gasteiger partial charge in [0, 0.05) is 0 Å². The highest BCUT2D eigenvalue weighted by Gasteiger charge is 2.22. The first-order chi connectivity index (χ1) is 9.40. The summed E-state index contributed by atoms with van der Waals surface area (Å²) < 4.78 is 5.78. The van der Waals surface area contributed by atoms with Gasteiger partial charge in [0.15, 0.2) is 0 Å². The van der Waals surface area contributed by atoms with Gasteiger partial charge >= 0.3 is 0 Å². The Morgan fingerprint density at radius 1 is 1.35 bits per heavy atom. The summed E-state index contributed by atoms with van der Waals surface area (Å²) in [4.78, 5) is 5.37. The van der Waals surface area contributed by atoms with Crippen LogP contribution < -0.4 is 4.74 Å². The molecule has 0 fully saturated rings. The zero-order valence-electron chi connectivity index (χ0n) is 12.4. The molecule has 0 radical (unpaired) electrons. The summed E-state index contributed by atoms with van der Waals surface area (Å²) in [6.45, 7) is 8.05. The number of rotatable bonds is 5. The summed E-state index contributed by atoms with van der Waals surface area (Å²) in [5, 5.41) is 11.0. The van der Waals surface area contributed by atoms with E-state index in [4.69, 9.17) is 4.74 Å². The molecular weight excluding hydrogens is 270 g/mol. The minimum atomic E-state index is -0.845. The average Bonchev–Trinajstić information content (AvgIpc) is 2.78. The number of hydrogen-bond acceptors (Lipinski definition) is 4. The Kier molecular flexibility index (Phi) is 4.45. The van der Waals surface area contributed by atoms with Crippen molar-refractivity contribution in [3.63, 3.8) is 0 Å². The molecule has 20 heavy (non-hydrogen) atoms. The van der Waals surface area contributed by atoms with E-state index in [2.05, 4.69) is 24.0 Å². The standard InChI is InChI=1S/C16H21NO2S/c1-5-12-7-6-8-13(9-12)19-10-14-17-11(2)15(20-14)16(3,4)18/h6-9,18H,5,10H2,1-4H3. The van der Waals surface area contributed by atoms with Crippen LogP contribution in [0.4, 0.5) is 0 Å². The van der Waals surface area contributed by atoms with Crippen LogP contribution in [0.2, 0.25) is 0 Å². The van der Waals surface area contributed by atoms with E-state index in [1.165, 1.54) is 16.9 Å². The van der Waals surface area contributed by atoms with Gasteiger partial charge in [-0.25, -0.2) is 4.98 Å². The van der Waals surface area contributed by atoms with Crippen molar-refractivity contribution < 1.29 is 9.84 Å². The molecule has 0 saturated carbocycles. The van der Waals surface area contributed by atoms with Crippen molar-refractivity contribution in [2.45, 2.75) is 46.3 Å². The number of aryl methyl sites for hydroxylation is 2. The van der Waals surface area contributed by atoms with Crippen LogP contribution in [0.25, 0.3) is 0 Å².